The van der Waals surface area contributed by atoms with E-state index >= 15 is 0 Å². The Morgan fingerprint density at radius 1 is 1.05 bits per heavy atom. The van der Waals surface area contributed by atoms with Gasteiger partial charge >= 0.3 is 0 Å². The SMILES string of the molecule is Cc1ccc(C(NN)C2CC2c2ccccc2)cc1C. The van der Waals surface area contributed by atoms with E-state index in [0.29, 0.717) is 11.8 Å². The molecule has 0 spiro atoms. The average Bonchev–Trinajstić information content (AvgIpc) is 3.25. The maximum atomic E-state index is 5.82. The van der Waals surface area contributed by atoms with Crippen molar-refractivity contribution in [1.82, 2.24) is 5.43 Å². The van der Waals surface area contributed by atoms with Crippen molar-refractivity contribution < 1.29 is 0 Å². The summed E-state index contributed by atoms with van der Waals surface area (Å²) in [5.74, 6) is 7.06. The zero-order valence-electron chi connectivity index (χ0n) is 12.1. The van der Waals surface area contributed by atoms with E-state index in [9.17, 15) is 0 Å². The van der Waals surface area contributed by atoms with Crippen LogP contribution in [0.3, 0.4) is 0 Å². The second-order valence-corrected chi connectivity index (χ2v) is 5.90. The molecule has 2 heteroatoms. The van der Waals surface area contributed by atoms with Crippen molar-refractivity contribution in [3.05, 3.63) is 70.8 Å². The van der Waals surface area contributed by atoms with Gasteiger partial charge in [0.1, 0.15) is 0 Å². The van der Waals surface area contributed by atoms with Crippen molar-refractivity contribution in [2.45, 2.75) is 32.2 Å². The third-order valence-electron chi connectivity index (χ3n) is 4.57. The van der Waals surface area contributed by atoms with E-state index in [-0.39, 0.29) is 6.04 Å². The van der Waals surface area contributed by atoms with Crippen LogP contribution in [0, 0.1) is 19.8 Å². The van der Waals surface area contributed by atoms with Crippen LogP contribution < -0.4 is 11.3 Å². The fraction of sp³-hybridized carbons (Fsp3) is 0.333. The number of hydrogen-bond donors (Lipinski definition) is 2. The van der Waals surface area contributed by atoms with E-state index in [2.05, 4.69) is 67.8 Å². The molecular weight excluding hydrogens is 244 g/mol. The van der Waals surface area contributed by atoms with E-state index in [0.717, 1.165) is 0 Å². The first kappa shape index (κ1) is 13.3. The van der Waals surface area contributed by atoms with Gasteiger partial charge in [0.2, 0.25) is 0 Å². The van der Waals surface area contributed by atoms with E-state index in [1.54, 1.807) is 0 Å². The highest BCUT2D eigenvalue weighted by atomic mass is 15.2. The van der Waals surface area contributed by atoms with E-state index < -0.39 is 0 Å². The Labute approximate surface area is 121 Å². The fourth-order valence-corrected chi connectivity index (χ4v) is 3.09. The molecule has 3 unspecified atom stereocenters. The zero-order chi connectivity index (χ0) is 14.1. The molecule has 2 aromatic carbocycles. The molecule has 0 aliphatic heterocycles. The van der Waals surface area contributed by atoms with Crippen molar-refractivity contribution in [2.75, 3.05) is 0 Å². The van der Waals surface area contributed by atoms with E-state index in [1.807, 2.05) is 0 Å². The molecule has 3 N–H and O–H groups in total. The van der Waals surface area contributed by atoms with Crippen molar-refractivity contribution in [2.24, 2.45) is 11.8 Å². The molecule has 0 aromatic heterocycles. The summed E-state index contributed by atoms with van der Waals surface area (Å²) in [5.41, 5.74) is 8.43. The lowest BCUT2D eigenvalue weighted by molar-refractivity contribution is 0.487. The Morgan fingerprint density at radius 3 is 2.45 bits per heavy atom. The van der Waals surface area contributed by atoms with Crippen molar-refractivity contribution in [3.63, 3.8) is 0 Å². The maximum Gasteiger partial charge on any atom is 0.0494 e. The summed E-state index contributed by atoms with van der Waals surface area (Å²) in [4.78, 5) is 0. The molecule has 104 valence electrons. The second kappa shape index (κ2) is 5.39. The average molecular weight is 266 g/mol. The topological polar surface area (TPSA) is 38.0 Å². The van der Waals surface area contributed by atoms with Crippen LogP contribution in [0.1, 0.15) is 40.6 Å². The molecule has 2 aromatic rings. The molecule has 0 heterocycles. The first-order valence-corrected chi connectivity index (χ1v) is 7.29. The summed E-state index contributed by atoms with van der Waals surface area (Å²) in [6.07, 6.45) is 1.21. The van der Waals surface area contributed by atoms with Gasteiger partial charge in [-0.1, -0.05) is 48.5 Å². The van der Waals surface area contributed by atoms with Gasteiger partial charge in [-0.2, -0.15) is 0 Å². The maximum absolute atomic E-state index is 5.82. The van der Waals surface area contributed by atoms with Crippen LogP contribution >= 0.6 is 0 Å². The molecule has 3 atom stereocenters. The van der Waals surface area contributed by atoms with Gasteiger partial charge in [-0.3, -0.25) is 11.3 Å². The number of aryl methyl sites for hydroxylation is 2. The van der Waals surface area contributed by atoms with Crippen molar-refractivity contribution in [1.29, 1.82) is 0 Å². The van der Waals surface area contributed by atoms with Crippen LogP contribution in [0.4, 0.5) is 0 Å². The molecule has 3 rings (SSSR count). The number of hydrogen-bond acceptors (Lipinski definition) is 2. The zero-order valence-corrected chi connectivity index (χ0v) is 12.1. The molecule has 1 saturated carbocycles. The Balaban J connectivity index is 1.80. The van der Waals surface area contributed by atoms with Crippen LogP contribution in [0.2, 0.25) is 0 Å². The lowest BCUT2D eigenvalue weighted by Crippen LogP contribution is -2.30. The quantitative estimate of drug-likeness (QED) is 0.655. The molecule has 0 saturated heterocycles. The normalized spacial score (nSPS) is 22.6. The summed E-state index contributed by atoms with van der Waals surface area (Å²) in [6.45, 7) is 4.31. The predicted molar refractivity (Wildman–Crippen MR) is 83.3 cm³/mol. The van der Waals surface area contributed by atoms with Gasteiger partial charge in [-0.15, -0.1) is 0 Å². The summed E-state index contributed by atoms with van der Waals surface area (Å²) in [7, 11) is 0. The Bertz CT molecular complexity index is 592. The van der Waals surface area contributed by atoms with Gasteiger partial charge in [0.05, 0.1) is 0 Å². The largest absolute Gasteiger partial charge is 0.271 e. The van der Waals surface area contributed by atoms with Gasteiger partial charge < -0.3 is 0 Å². The summed E-state index contributed by atoms with van der Waals surface area (Å²) >= 11 is 0. The number of benzene rings is 2. The first-order chi connectivity index (χ1) is 9.70. The minimum Gasteiger partial charge on any atom is -0.271 e. The summed E-state index contributed by atoms with van der Waals surface area (Å²) in [5, 5.41) is 0. The first-order valence-electron chi connectivity index (χ1n) is 7.29. The van der Waals surface area contributed by atoms with Crippen LogP contribution in [0.5, 0.6) is 0 Å². The highest BCUT2D eigenvalue weighted by molar-refractivity contribution is 5.35. The monoisotopic (exact) mass is 266 g/mol. The number of nitrogens with one attached hydrogen (secondary N) is 1. The lowest BCUT2D eigenvalue weighted by Gasteiger charge is -2.18. The molecule has 2 nitrogen and oxygen atoms in total. The van der Waals surface area contributed by atoms with Crippen LogP contribution in [0.15, 0.2) is 48.5 Å². The summed E-state index contributed by atoms with van der Waals surface area (Å²) < 4.78 is 0. The highest BCUT2D eigenvalue weighted by Crippen LogP contribution is 2.53. The molecule has 1 fully saturated rings. The van der Waals surface area contributed by atoms with E-state index in [4.69, 9.17) is 5.84 Å². The molecule has 0 bridgehead atoms. The number of nitrogens with two attached hydrogens (primary N) is 1. The van der Waals surface area contributed by atoms with Gasteiger partial charge in [0.25, 0.3) is 0 Å². The minimum atomic E-state index is 0.250. The van der Waals surface area contributed by atoms with Gasteiger partial charge in [0.15, 0.2) is 0 Å². The fourth-order valence-electron chi connectivity index (χ4n) is 3.09. The molecule has 20 heavy (non-hydrogen) atoms. The van der Waals surface area contributed by atoms with Crippen molar-refractivity contribution >= 4 is 0 Å². The molecule has 0 radical (unpaired) electrons. The predicted octanol–water partition coefficient (Wildman–Crippen LogP) is 3.61. The van der Waals surface area contributed by atoms with Crippen LogP contribution in [-0.4, -0.2) is 0 Å². The third kappa shape index (κ3) is 2.49. The Hall–Kier alpha value is -1.64. The Morgan fingerprint density at radius 2 is 1.80 bits per heavy atom. The molecule has 1 aliphatic rings. The number of hydrazine groups is 1. The van der Waals surface area contributed by atoms with Crippen LogP contribution in [0.25, 0.3) is 0 Å². The minimum absolute atomic E-state index is 0.250. The molecule has 1 aliphatic carbocycles. The number of rotatable bonds is 4. The molecule has 0 amide bonds. The molecular formula is C18H22N2. The standard InChI is InChI=1S/C18H22N2/c1-12-8-9-15(10-13(12)2)18(20-19)17-11-16(17)14-6-4-3-5-7-14/h3-10,16-18,20H,11,19H2,1-2H3. The highest BCUT2D eigenvalue weighted by Gasteiger charge is 2.44. The van der Waals surface area contributed by atoms with Gasteiger partial charge in [-0.25, -0.2) is 0 Å². The lowest BCUT2D eigenvalue weighted by atomic mass is 9.96. The van der Waals surface area contributed by atoms with Gasteiger partial charge in [0, 0.05) is 6.04 Å². The van der Waals surface area contributed by atoms with Gasteiger partial charge in [-0.05, 0) is 54.4 Å². The van der Waals surface area contributed by atoms with E-state index in [1.165, 1.54) is 28.7 Å². The Kier molecular flexibility index (Phi) is 3.60. The van der Waals surface area contributed by atoms with Crippen molar-refractivity contribution in [3.8, 4) is 0 Å². The smallest absolute Gasteiger partial charge is 0.0494 e. The van der Waals surface area contributed by atoms with Crippen LogP contribution in [-0.2, 0) is 0 Å². The summed E-state index contributed by atoms with van der Waals surface area (Å²) in [6, 6.07) is 17.7. The third-order valence-corrected chi connectivity index (χ3v) is 4.57. The second-order valence-electron chi connectivity index (χ2n) is 5.90.